The molecule has 3 fully saturated rings. The second kappa shape index (κ2) is 15.5. The van der Waals surface area contributed by atoms with E-state index in [9.17, 15) is 20.1 Å². The summed E-state index contributed by atoms with van der Waals surface area (Å²) in [5.74, 6) is -3.89. The first-order chi connectivity index (χ1) is 22.5. The minimum Gasteiger partial charge on any atom is -0.490 e. The third-order valence-corrected chi connectivity index (χ3v) is 11.2. The first-order valence-electron chi connectivity index (χ1n) is 17.5. The van der Waals surface area contributed by atoms with Crippen LogP contribution in [0.2, 0.25) is 0 Å². The summed E-state index contributed by atoms with van der Waals surface area (Å²) in [6.45, 7) is 17.9. The molecule has 0 unspecified atom stereocenters. The van der Waals surface area contributed by atoms with E-state index in [0.29, 0.717) is 6.42 Å². The number of allylic oxidation sites excluding steroid dienone is 5. The minimum atomic E-state index is -1.32. The highest BCUT2D eigenvalue weighted by molar-refractivity contribution is 5.87. The van der Waals surface area contributed by atoms with Crippen molar-refractivity contribution in [2.45, 2.75) is 117 Å². The Kier molecular flexibility index (Phi) is 12.5. The lowest BCUT2D eigenvalue weighted by Gasteiger charge is -2.53. The fourth-order valence-electron chi connectivity index (χ4n) is 8.51. The van der Waals surface area contributed by atoms with E-state index in [1.165, 1.54) is 14.2 Å². The van der Waals surface area contributed by atoms with Crippen LogP contribution in [0.15, 0.2) is 47.3 Å². The second-order valence-electron chi connectivity index (χ2n) is 15.3. The third kappa shape index (κ3) is 7.50. The zero-order valence-corrected chi connectivity index (χ0v) is 30.7. The van der Waals surface area contributed by atoms with Crippen LogP contribution in [0.1, 0.15) is 68.7 Å². The second-order valence-corrected chi connectivity index (χ2v) is 15.3. The Labute approximate surface area is 287 Å². The Bertz CT molecular complexity index is 1260. The van der Waals surface area contributed by atoms with E-state index in [-0.39, 0.29) is 54.9 Å². The molecule has 272 valence electrons. The van der Waals surface area contributed by atoms with Gasteiger partial charge in [-0.3, -0.25) is 0 Å². The number of aliphatic hydroxyl groups is 3. The standard InChI is InChI=1S/C38H60O10/c1-20(2)32-26(8)34-35-37(42,18-45-34)19-46-38(35,48-32)27(9)31(40)25(7)33-28(43-10)14-12-13-21(3)15-23(5)30(39)24(6)16-22(4)17-29(44-11)36(41)47-33/h12-14,16-17,20,23-28,30-35,39-40,42H,15,18-19H2,1-11H3/t23-,24+,25-,26+,27-,28-,30-,31+,32-,33+,34-,35+,37-,38+/m0/s1. The largest absolute Gasteiger partial charge is 0.490 e. The van der Waals surface area contributed by atoms with Crippen molar-refractivity contribution in [3.63, 3.8) is 0 Å². The molecule has 0 amide bonds. The topological polar surface area (TPSA) is 133 Å². The molecule has 4 heterocycles. The zero-order valence-electron chi connectivity index (χ0n) is 30.7. The molecule has 3 N–H and O–H groups in total. The summed E-state index contributed by atoms with van der Waals surface area (Å²) in [5, 5.41) is 34.8. The number of rotatable bonds is 7. The van der Waals surface area contributed by atoms with E-state index in [1.54, 1.807) is 6.08 Å². The monoisotopic (exact) mass is 676 g/mol. The van der Waals surface area contributed by atoms with Crippen LogP contribution in [-0.4, -0.2) is 96.7 Å². The molecule has 4 rings (SSSR count). The Morgan fingerprint density at radius 3 is 2.35 bits per heavy atom. The molecule has 4 aliphatic rings. The predicted molar refractivity (Wildman–Crippen MR) is 181 cm³/mol. The molecule has 0 aliphatic carbocycles. The SMILES string of the molecule is COC1=CC(C)=C[C@@H](C)[C@@H](O)[C@@H](C)CC(C)=CC=C[C@H](OC)[C@@H]([C@@H](C)[C@@H](O)[C@H](C)[C@@]23OC[C@@]4(O)CO[C@@H]([C@H](C)[C@H](C(C)C)O2)[C@H]43)OC1=O. The van der Waals surface area contributed by atoms with E-state index in [4.69, 9.17) is 28.4 Å². The molecule has 0 saturated carbocycles. The van der Waals surface area contributed by atoms with Crippen molar-refractivity contribution < 1.29 is 48.5 Å². The molecule has 14 atom stereocenters. The highest BCUT2D eigenvalue weighted by Crippen LogP contribution is 2.58. The highest BCUT2D eigenvalue weighted by Gasteiger charge is 2.72. The maximum atomic E-state index is 13.7. The normalized spacial score (nSPS) is 41.5. The van der Waals surface area contributed by atoms with Gasteiger partial charge in [0.1, 0.15) is 17.8 Å². The summed E-state index contributed by atoms with van der Waals surface area (Å²) >= 11 is 0. The molecule has 0 bridgehead atoms. The number of hydrogen-bond acceptors (Lipinski definition) is 10. The quantitative estimate of drug-likeness (QED) is 0.325. The van der Waals surface area contributed by atoms with Gasteiger partial charge >= 0.3 is 5.97 Å². The lowest BCUT2D eigenvalue weighted by molar-refractivity contribution is -0.346. The number of hydrogen-bond donors (Lipinski definition) is 3. The van der Waals surface area contributed by atoms with Gasteiger partial charge in [-0.25, -0.2) is 4.79 Å². The van der Waals surface area contributed by atoms with Crippen LogP contribution in [0.4, 0.5) is 0 Å². The van der Waals surface area contributed by atoms with Gasteiger partial charge in [-0.1, -0.05) is 83.9 Å². The molecule has 0 aromatic rings. The van der Waals surface area contributed by atoms with Crippen molar-refractivity contribution in [2.24, 2.45) is 41.4 Å². The lowest BCUT2D eigenvalue weighted by atomic mass is 9.68. The maximum absolute atomic E-state index is 13.7. The minimum absolute atomic E-state index is 0.0000592. The van der Waals surface area contributed by atoms with Crippen LogP contribution in [-0.2, 0) is 33.2 Å². The van der Waals surface area contributed by atoms with E-state index < -0.39 is 59.5 Å². The maximum Gasteiger partial charge on any atom is 0.373 e. The first-order valence-corrected chi connectivity index (χ1v) is 17.5. The van der Waals surface area contributed by atoms with Crippen molar-refractivity contribution in [1.29, 1.82) is 0 Å². The average Bonchev–Trinajstić information content (AvgIpc) is 3.55. The van der Waals surface area contributed by atoms with Gasteiger partial charge in [-0.15, -0.1) is 0 Å². The Morgan fingerprint density at radius 1 is 1.04 bits per heavy atom. The average molecular weight is 677 g/mol. The Balaban J connectivity index is 1.72. The molecule has 10 heteroatoms. The molecule has 0 aromatic heterocycles. The van der Waals surface area contributed by atoms with Gasteiger partial charge in [-0.2, -0.15) is 0 Å². The van der Waals surface area contributed by atoms with Crippen LogP contribution in [0, 0.1) is 41.4 Å². The molecule has 0 aromatic carbocycles. The van der Waals surface area contributed by atoms with Gasteiger partial charge in [0.15, 0.2) is 5.79 Å². The van der Waals surface area contributed by atoms with E-state index in [0.717, 1.165) is 11.1 Å². The zero-order chi connectivity index (χ0) is 35.7. The van der Waals surface area contributed by atoms with E-state index >= 15 is 0 Å². The fraction of sp³-hybridized carbons (Fsp3) is 0.763. The summed E-state index contributed by atoms with van der Waals surface area (Å²) in [6, 6.07) is 0. The predicted octanol–water partition coefficient (Wildman–Crippen LogP) is 4.73. The first kappa shape index (κ1) is 38.7. The van der Waals surface area contributed by atoms with Gasteiger partial charge in [0.2, 0.25) is 5.76 Å². The molecule has 4 aliphatic heterocycles. The van der Waals surface area contributed by atoms with Gasteiger partial charge < -0.3 is 43.7 Å². The van der Waals surface area contributed by atoms with Gasteiger partial charge in [-0.05, 0) is 38.2 Å². The fourth-order valence-corrected chi connectivity index (χ4v) is 8.51. The van der Waals surface area contributed by atoms with Gasteiger partial charge in [0.25, 0.3) is 0 Å². The van der Waals surface area contributed by atoms with Crippen LogP contribution < -0.4 is 0 Å². The van der Waals surface area contributed by atoms with Crippen molar-refractivity contribution in [2.75, 3.05) is 27.4 Å². The number of methoxy groups -OCH3 is 2. The lowest BCUT2D eigenvalue weighted by Crippen LogP contribution is -2.64. The number of cyclic esters (lactones) is 1. The highest BCUT2D eigenvalue weighted by atomic mass is 16.7. The third-order valence-electron chi connectivity index (χ3n) is 11.2. The molecular formula is C38H60O10. The summed E-state index contributed by atoms with van der Waals surface area (Å²) in [6.07, 6.45) is 5.94. The van der Waals surface area contributed by atoms with Crippen LogP contribution >= 0.6 is 0 Å². The summed E-state index contributed by atoms with van der Waals surface area (Å²) in [5.41, 5.74) is 0.583. The van der Waals surface area contributed by atoms with Crippen LogP contribution in [0.3, 0.4) is 0 Å². The number of ether oxygens (including phenoxy) is 6. The number of carbonyl (C=O) groups is 1. The number of esters is 1. The van der Waals surface area contributed by atoms with Gasteiger partial charge in [0, 0.05) is 30.8 Å². The van der Waals surface area contributed by atoms with Gasteiger partial charge in [0.05, 0.1) is 50.7 Å². The summed E-state index contributed by atoms with van der Waals surface area (Å²) in [7, 11) is 2.94. The molecule has 10 nitrogen and oxygen atoms in total. The van der Waals surface area contributed by atoms with E-state index in [2.05, 4.69) is 20.8 Å². The van der Waals surface area contributed by atoms with Crippen molar-refractivity contribution >= 4 is 5.97 Å². The summed E-state index contributed by atoms with van der Waals surface area (Å²) < 4.78 is 37.0. The molecule has 0 spiro atoms. The Hall–Kier alpha value is -2.05. The Morgan fingerprint density at radius 2 is 1.73 bits per heavy atom. The molecule has 0 radical (unpaired) electrons. The number of carbonyl (C=O) groups excluding carboxylic acids is 1. The van der Waals surface area contributed by atoms with Crippen molar-refractivity contribution in [3.8, 4) is 0 Å². The van der Waals surface area contributed by atoms with Crippen molar-refractivity contribution in [1.82, 2.24) is 0 Å². The van der Waals surface area contributed by atoms with Crippen molar-refractivity contribution in [3.05, 3.63) is 47.3 Å². The molecular weight excluding hydrogens is 616 g/mol. The summed E-state index contributed by atoms with van der Waals surface area (Å²) in [4.78, 5) is 13.7. The molecule has 48 heavy (non-hydrogen) atoms. The van der Waals surface area contributed by atoms with E-state index in [1.807, 2.05) is 65.8 Å². The van der Waals surface area contributed by atoms with Crippen LogP contribution in [0.5, 0.6) is 0 Å². The smallest absolute Gasteiger partial charge is 0.373 e. The van der Waals surface area contributed by atoms with Crippen LogP contribution in [0.25, 0.3) is 0 Å². The number of aliphatic hydroxyl groups excluding tert-OH is 2. The molecule has 3 saturated heterocycles.